The van der Waals surface area contributed by atoms with Gasteiger partial charge in [0.05, 0.1) is 11.7 Å². The summed E-state index contributed by atoms with van der Waals surface area (Å²) in [4.78, 5) is 29.4. The summed E-state index contributed by atoms with van der Waals surface area (Å²) in [5.41, 5.74) is 4.09. The molecule has 34 heavy (non-hydrogen) atoms. The molecule has 3 aromatic heterocycles. The molecule has 2 atom stereocenters. The average Bonchev–Trinajstić information content (AvgIpc) is 3.25. The van der Waals surface area contributed by atoms with Crippen LogP contribution in [0.2, 0.25) is 5.02 Å². The van der Waals surface area contributed by atoms with E-state index in [1.165, 1.54) is 0 Å². The van der Waals surface area contributed by atoms with Gasteiger partial charge in [0.1, 0.15) is 11.2 Å². The Hall–Kier alpha value is -3.45. The van der Waals surface area contributed by atoms with E-state index < -0.39 is 0 Å². The predicted molar refractivity (Wildman–Crippen MR) is 133 cm³/mol. The highest BCUT2D eigenvalue weighted by Gasteiger charge is 2.34. The number of fused-ring (bicyclic) bond motifs is 1. The third kappa shape index (κ3) is 4.48. The molecule has 174 valence electrons. The third-order valence-corrected chi connectivity index (χ3v) is 6.60. The van der Waals surface area contributed by atoms with Gasteiger partial charge in [0.2, 0.25) is 0 Å². The van der Waals surface area contributed by atoms with Gasteiger partial charge in [-0.15, -0.1) is 0 Å². The highest BCUT2D eigenvalue weighted by atomic mass is 35.5. The highest BCUT2D eigenvalue weighted by Crippen LogP contribution is 2.29. The molecule has 4 heterocycles. The van der Waals surface area contributed by atoms with Crippen LogP contribution in [-0.2, 0) is 0 Å². The van der Waals surface area contributed by atoms with Gasteiger partial charge in [0, 0.05) is 35.6 Å². The summed E-state index contributed by atoms with van der Waals surface area (Å²) >= 11 is 6.07. The second-order valence-corrected chi connectivity index (χ2v) is 9.20. The van der Waals surface area contributed by atoms with Gasteiger partial charge in [-0.3, -0.25) is 9.78 Å². The Morgan fingerprint density at radius 1 is 1.21 bits per heavy atom. The topological polar surface area (TPSA) is 84.2 Å². The molecule has 7 nitrogen and oxygen atoms in total. The standard InChI is InChI=1S/C26H26ClN5O2/c1-16-6-5-13-32(22(16)15-29-26-31-21-14-18(27)9-11-23(21)34-26)25(33)24-19(10-8-17(2)30-24)20-7-3-4-12-28-20/h3-4,7-12,14,16,22H,5-6,13,15H2,1-2H3,(H,29,31). The second kappa shape index (κ2) is 9.43. The van der Waals surface area contributed by atoms with E-state index in [0.29, 0.717) is 46.8 Å². The van der Waals surface area contributed by atoms with Gasteiger partial charge in [-0.2, -0.15) is 4.98 Å². The molecular weight excluding hydrogens is 450 g/mol. The molecule has 0 aliphatic carbocycles. The first-order valence-corrected chi connectivity index (χ1v) is 11.9. The SMILES string of the molecule is Cc1ccc(-c2ccccn2)c(C(=O)N2CCCC(C)C2CNc2nc3cc(Cl)ccc3o2)n1. The van der Waals surface area contributed by atoms with E-state index >= 15 is 0 Å². The summed E-state index contributed by atoms with van der Waals surface area (Å²) < 4.78 is 5.82. The van der Waals surface area contributed by atoms with Gasteiger partial charge in [-0.25, -0.2) is 4.98 Å². The molecule has 1 N–H and O–H groups in total. The lowest BCUT2D eigenvalue weighted by Gasteiger charge is -2.40. The molecule has 0 saturated carbocycles. The number of oxazole rings is 1. The summed E-state index contributed by atoms with van der Waals surface area (Å²) in [6, 6.07) is 15.3. The Kier molecular flexibility index (Phi) is 6.20. The smallest absolute Gasteiger partial charge is 0.295 e. The molecule has 1 aliphatic heterocycles. The minimum Gasteiger partial charge on any atom is -0.424 e. The number of hydrogen-bond acceptors (Lipinski definition) is 6. The molecule has 0 bridgehead atoms. The summed E-state index contributed by atoms with van der Waals surface area (Å²) in [5.74, 6) is 0.235. The number of pyridine rings is 2. The van der Waals surface area contributed by atoms with Crippen LogP contribution in [0.4, 0.5) is 6.01 Å². The van der Waals surface area contributed by atoms with Gasteiger partial charge >= 0.3 is 0 Å². The molecule has 5 rings (SSSR count). The lowest BCUT2D eigenvalue weighted by atomic mass is 9.90. The van der Waals surface area contributed by atoms with Crippen LogP contribution in [0.1, 0.15) is 35.9 Å². The van der Waals surface area contributed by atoms with Crippen molar-refractivity contribution in [1.82, 2.24) is 19.9 Å². The van der Waals surface area contributed by atoms with Crippen molar-refractivity contribution in [3.8, 4) is 11.3 Å². The first-order valence-electron chi connectivity index (χ1n) is 11.5. The Balaban J connectivity index is 1.41. The quantitative estimate of drug-likeness (QED) is 0.404. The number of nitrogens with one attached hydrogen (secondary N) is 1. The van der Waals surface area contributed by atoms with Crippen LogP contribution in [0.15, 0.2) is 59.1 Å². The molecule has 0 spiro atoms. The Morgan fingerprint density at radius 2 is 2.09 bits per heavy atom. The highest BCUT2D eigenvalue weighted by molar-refractivity contribution is 6.31. The Morgan fingerprint density at radius 3 is 2.91 bits per heavy atom. The van der Waals surface area contributed by atoms with Crippen LogP contribution < -0.4 is 5.32 Å². The number of halogens is 1. The normalized spacial score (nSPS) is 18.3. The molecule has 8 heteroatoms. The first kappa shape index (κ1) is 22.3. The molecule has 1 fully saturated rings. The Bertz CT molecular complexity index is 1320. The van der Waals surface area contributed by atoms with Crippen molar-refractivity contribution in [2.75, 3.05) is 18.4 Å². The first-order chi connectivity index (χ1) is 16.5. The van der Waals surface area contributed by atoms with Gasteiger partial charge in [0.15, 0.2) is 5.58 Å². The maximum Gasteiger partial charge on any atom is 0.295 e. The maximum atomic E-state index is 13.8. The lowest BCUT2D eigenvalue weighted by molar-refractivity contribution is 0.0534. The molecule has 1 aromatic carbocycles. The van der Waals surface area contributed by atoms with E-state index in [1.54, 1.807) is 24.4 Å². The number of amides is 1. The summed E-state index contributed by atoms with van der Waals surface area (Å²) in [7, 11) is 0. The van der Waals surface area contributed by atoms with Crippen LogP contribution in [0.3, 0.4) is 0 Å². The molecule has 0 radical (unpaired) electrons. The van der Waals surface area contributed by atoms with Gasteiger partial charge in [-0.1, -0.05) is 24.6 Å². The number of anilines is 1. The van der Waals surface area contributed by atoms with E-state index in [4.69, 9.17) is 16.0 Å². The molecular formula is C26H26ClN5O2. The number of hydrogen-bond donors (Lipinski definition) is 1. The minimum atomic E-state index is -0.0768. The molecule has 1 amide bonds. The zero-order valence-electron chi connectivity index (χ0n) is 19.2. The third-order valence-electron chi connectivity index (χ3n) is 6.37. The minimum absolute atomic E-state index is 0.0289. The molecule has 1 aliphatic rings. The van der Waals surface area contributed by atoms with E-state index in [-0.39, 0.29) is 11.9 Å². The zero-order valence-corrected chi connectivity index (χ0v) is 19.9. The van der Waals surface area contributed by atoms with Crippen molar-refractivity contribution in [1.29, 1.82) is 0 Å². The summed E-state index contributed by atoms with van der Waals surface area (Å²) in [6.07, 6.45) is 3.73. The van der Waals surface area contributed by atoms with Crippen molar-refractivity contribution in [3.63, 3.8) is 0 Å². The zero-order chi connectivity index (χ0) is 23.7. The maximum absolute atomic E-state index is 13.8. The fraction of sp³-hybridized carbons (Fsp3) is 0.308. The average molecular weight is 476 g/mol. The molecule has 4 aromatic rings. The van der Waals surface area contributed by atoms with E-state index in [2.05, 4.69) is 27.2 Å². The van der Waals surface area contributed by atoms with Crippen LogP contribution in [0.5, 0.6) is 0 Å². The van der Waals surface area contributed by atoms with E-state index in [0.717, 1.165) is 29.8 Å². The van der Waals surface area contributed by atoms with E-state index in [9.17, 15) is 4.79 Å². The van der Waals surface area contributed by atoms with Crippen molar-refractivity contribution in [3.05, 3.63) is 71.1 Å². The monoisotopic (exact) mass is 475 g/mol. The second-order valence-electron chi connectivity index (χ2n) is 8.76. The molecule has 1 saturated heterocycles. The number of aryl methyl sites for hydroxylation is 1. The number of benzene rings is 1. The number of rotatable bonds is 5. The van der Waals surface area contributed by atoms with Crippen molar-refractivity contribution in [2.24, 2.45) is 5.92 Å². The van der Waals surface area contributed by atoms with Gasteiger partial charge in [-0.05, 0) is 68.1 Å². The van der Waals surface area contributed by atoms with Crippen molar-refractivity contribution >= 4 is 34.6 Å². The van der Waals surface area contributed by atoms with E-state index in [1.807, 2.05) is 42.2 Å². The van der Waals surface area contributed by atoms with Crippen LogP contribution in [0.25, 0.3) is 22.4 Å². The lowest BCUT2D eigenvalue weighted by Crippen LogP contribution is -2.51. The summed E-state index contributed by atoms with van der Waals surface area (Å²) in [5, 5.41) is 3.91. The predicted octanol–water partition coefficient (Wildman–Crippen LogP) is 5.60. The number of carbonyl (C=O) groups excluding carboxylic acids is 1. The number of piperidine rings is 1. The largest absolute Gasteiger partial charge is 0.424 e. The number of likely N-dealkylation sites (tertiary alicyclic amines) is 1. The van der Waals surface area contributed by atoms with Crippen molar-refractivity contribution in [2.45, 2.75) is 32.7 Å². The molecule has 2 unspecified atom stereocenters. The number of carbonyl (C=O) groups is 1. The van der Waals surface area contributed by atoms with Gasteiger partial charge < -0.3 is 14.6 Å². The summed E-state index contributed by atoms with van der Waals surface area (Å²) in [6.45, 7) is 5.28. The van der Waals surface area contributed by atoms with Crippen molar-refractivity contribution < 1.29 is 9.21 Å². The fourth-order valence-electron chi connectivity index (χ4n) is 4.57. The van der Waals surface area contributed by atoms with Crippen LogP contribution in [0, 0.1) is 12.8 Å². The number of nitrogens with zero attached hydrogens (tertiary/aromatic N) is 4. The van der Waals surface area contributed by atoms with Crippen LogP contribution in [-0.4, -0.2) is 44.9 Å². The van der Waals surface area contributed by atoms with Crippen LogP contribution >= 0.6 is 11.6 Å². The number of aromatic nitrogens is 3. The van der Waals surface area contributed by atoms with Gasteiger partial charge in [0.25, 0.3) is 11.9 Å². The fourth-order valence-corrected chi connectivity index (χ4v) is 4.73. The Labute approximate surface area is 203 Å².